The standard InChI is InChI=1S/C29H28Cl2FN5O.C2H2/c1-18(33-2)4-3-11-34-24-16-27-29(17-25(24)35-20-9-12-38-13-10-20)37(21-6-7-22(30)23(31)15-21)28-8-5-19(32)14-26(28)36-27;1-2/h3-8,14-17,20,34H,9-13H2,1-2H3;1-2H/b4-3-,33-18?,35-25?;. The van der Waals surface area contributed by atoms with E-state index in [0.717, 1.165) is 46.5 Å². The van der Waals surface area contributed by atoms with Gasteiger partial charge in [0.05, 0.1) is 49.6 Å². The van der Waals surface area contributed by atoms with Crippen molar-refractivity contribution >= 4 is 45.6 Å². The molecule has 0 radical (unpaired) electrons. The molecule has 2 aromatic carbocycles. The first-order chi connectivity index (χ1) is 19.4. The number of aromatic nitrogens is 2. The fourth-order valence-electron chi connectivity index (χ4n) is 4.50. The maximum Gasteiger partial charge on any atom is 0.125 e. The second kappa shape index (κ2) is 13.6. The van der Waals surface area contributed by atoms with Crippen molar-refractivity contribution in [3.8, 4) is 29.9 Å². The molecule has 1 fully saturated rings. The van der Waals surface area contributed by atoms with Gasteiger partial charge in [-0.1, -0.05) is 29.3 Å². The zero-order chi connectivity index (χ0) is 28.6. The van der Waals surface area contributed by atoms with Crippen molar-refractivity contribution in [2.45, 2.75) is 25.8 Å². The molecule has 1 N–H and O–H groups in total. The summed E-state index contributed by atoms with van der Waals surface area (Å²) in [6.45, 7) is 3.94. The minimum Gasteiger partial charge on any atom is -0.381 e. The molecule has 40 heavy (non-hydrogen) atoms. The molecule has 206 valence electrons. The molecule has 0 amide bonds. The Balaban J connectivity index is 0.00000181. The second-order valence-electron chi connectivity index (χ2n) is 9.16. The highest BCUT2D eigenvalue weighted by molar-refractivity contribution is 6.42. The van der Waals surface area contributed by atoms with Gasteiger partial charge in [0.1, 0.15) is 5.82 Å². The number of nitrogens with zero attached hydrogens (tertiary/aromatic N) is 4. The van der Waals surface area contributed by atoms with Crippen LogP contribution in [0, 0.1) is 18.7 Å². The number of aliphatic imine (C=N–C) groups is 1. The van der Waals surface area contributed by atoms with Crippen LogP contribution in [-0.2, 0) is 4.74 Å². The maximum absolute atomic E-state index is 14.2. The molecule has 6 nitrogen and oxygen atoms in total. The first-order valence-electron chi connectivity index (χ1n) is 12.8. The number of anilines is 1. The molecule has 2 heterocycles. The number of hydrogen-bond acceptors (Lipinski definition) is 5. The van der Waals surface area contributed by atoms with E-state index < -0.39 is 0 Å². The number of nitrogens with one attached hydrogen (secondary N) is 1. The van der Waals surface area contributed by atoms with E-state index in [1.165, 1.54) is 12.1 Å². The first kappa shape index (κ1) is 29.3. The molecule has 0 bridgehead atoms. The number of allylic oxidation sites excluding steroid dienone is 1. The predicted molar refractivity (Wildman–Crippen MR) is 164 cm³/mol. The SMILES string of the molecule is C#C.CN=C(C)/C=C\CNc1cc2nc3cc(F)ccc3n(-c3ccc(Cl)c(Cl)c3)c-2cc1=NC1CCOCC1. The van der Waals surface area contributed by atoms with Crippen LogP contribution in [0.4, 0.5) is 10.1 Å². The first-order valence-corrected chi connectivity index (χ1v) is 13.6. The molecule has 9 heteroatoms. The number of fused-ring (bicyclic) bond motifs is 2. The van der Waals surface area contributed by atoms with Gasteiger partial charge in [-0.15, -0.1) is 12.8 Å². The van der Waals surface area contributed by atoms with Crippen molar-refractivity contribution < 1.29 is 9.13 Å². The quantitative estimate of drug-likeness (QED) is 0.153. The largest absolute Gasteiger partial charge is 0.381 e. The van der Waals surface area contributed by atoms with Crippen LogP contribution in [0.15, 0.2) is 70.7 Å². The molecule has 0 unspecified atom stereocenters. The minimum absolute atomic E-state index is 0.160. The molecule has 1 aliphatic carbocycles. The number of terminal acetylenes is 1. The van der Waals surface area contributed by atoms with Gasteiger partial charge < -0.3 is 14.6 Å². The van der Waals surface area contributed by atoms with Crippen molar-refractivity contribution in [2.75, 3.05) is 32.1 Å². The Morgan fingerprint density at radius 3 is 2.62 bits per heavy atom. The van der Waals surface area contributed by atoms with Crippen LogP contribution in [0.25, 0.3) is 28.1 Å². The van der Waals surface area contributed by atoms with Gasteiger partial charge in [0.2, 0.25) is 0 Å². The Labute approximate surface area is 243 Å². The second-order valence-corrected chi connectivity index (χ2v) is 9.97. The van der Waals surface area contributed by atoms with Crippen molar-refractivity contribution in [3.05, 3.63) is 81.9 Å². The normalized spacial score (nSPS) is 15.0. The molecule has 5 rings (SSSR count). The van der Waals surface area contributed by atoms with E-state index in [4.69, 9.17) is 37.9 Å². The highest BCUT2D eigenvalue weighted by Crippen LogP contribution is 2.32. The summed E-state index contributed by atoms with van der Waals surface area (Å²) in [7, 11) is 1.77. The number of rotatable bonds is 6. The van der Waals surface area contributed by atoms with E-state index in [1.807, 2.05) is 41.8 Å². The lowest BCUT2D eigenvalue weighted by molar-refractivity contribution is 0.0864. The van der Waals surface area contributed by atoms with E-state index in [0.29, 0.717) is 41.0 Å². The van der Waals surface area contributed by atoms with E-state index in [1.54, 1.807) is 25.2 Å². The van der Waals surface area contributed by atoms with Gasteiger partial charge in [-0.2, -0.15) is 0 Å². The summed E-state index contributed by atoms with van der Waals surface area (Å²) < 4.78 is 21.8. The third kappa shape index (κ3) is 6.71. The zero-order valence-corrected chi connectivity index (χ0v) is 23.9. The summed E-state index contributed by atoms with van der Waals surface area (Å²) in [5, 5.41) is 5.20. The van der Waals surface area contributed by atoms with Gasteiger partial charge in [0.15, 0.2) is 0 Å². The van der Waals surface area contributed by atoms with Crippen LogP contribution in [0.2, 0.25) is 10.0 Å². The highest BCUT2D eigenvalue weighted by Gasteiger charge is 2.19. The minimum atomic E-state index is -0.354. The third-order valence-electron chi connectivity index (χ3n) is 6.55. The summed E-state index contributed by atoms with van der Waals surface area (Å²) in [5.74, 6) is -0.354. The Kier molecular flexibility index (Phi) is 9.94. The lowest BCUT2D eigenvalue weighted by atomic mass is 10.1. The number of hydrogen-bond donors (Lipinski definition) is 1. The molecule has 0 atom stereocenters. The van der Waals surface area contributed by atoms with Crippen LogP contribution in [0.1, 0.15) is 19.8 Å². The van der Waals surface area contributed by atoms with Crippen molar-refractivity contribution in [1.29, 1.82) is 0 Å². The van der Waals surface area contributed by atoms with Crippen LogP contribution in [-0.4, -0.2) is 48.1 Å². The Morgan fingerprint density at radius 2 is 1.90 bits per heavy atom. The lowest BCUT2D eigenvalue weighted by Gasteiger charge is -2.22. The third-order valence-corrected chi connectivity index (χ3v) is 7.29. The summed E-state index contributed by atoms with van der Waals surface area (Å²) in [6, 6.07) is 14.2. The Hall–Kier alpha value is -3.70. The van der Waals surface area contributed by atoms with Crippen molar-refractivity contribution in [2.24, 2.45) is 9.98 Å². The van der Waals surface area contributed by atoms with Gasteiger partial charge in [-0.25, -0.2) is 9.37 Å². The summed E-state index contributed by atoms with van der Waals surface area (Å²) in [4.78, 5) is 14.1. The number of ether oxygens (including phenoxy) is 1. The van der Waals surface area contributed by atoms with E-state index in [9.17, 15) is 4.39 Å². The van der Waals surface area contributed by atoms with E-state index >= 15 is 0 Å². The molecule has 2 aromatic rings. The lowest BCUT2D eigenvalue weighted by Crippen LogP contribution is -2.23. The average molecular weight is 579 g/mol. The molecular formula is C31H30Cl2FN5O. The monoisotopic (exact) mass is 577 g/mol. The molecule has 0 aromatic heterocycles. The van der Waals surface area contributed by atoms with Crippen LogP contribution < -0.4 is 10.7 Å². The molecule has 3 aliphatic rings. The molecule has 1 saturated heterocycles. The van der Waals surface area contributed by atoms with Crippen molar-refractivity contribution in [3.63, 3.8) is 0 Å². The number of benzene rings is 3. The topological polar surface area (TPSA) is 63.8 Å². The van der Waals surface area contributed by atoms with Crippen LogP contribution >= 0.6 is 23.2 Å². The average Bonchev–Trinajstić information content (AvgIpc) is 2.97. The fraction of sp³-hybridized carbons (Fsp3) is 0.258. The molecule has 0 saturated carbocycles. The number of halogens is 3. The summed E-state index contributed by atoms with van der Waals surface area (Å²) in [6.07, 6.45) is 13.7. The Morgan fingerprint density at radius 1 is 1.12 bits per heavy atom. The van der Waals surface area contributed by atoms with Gasteiger partial charge >= 0.3 is 0 Å². The van der Waals surface area contributed by atoms with Gasteiger partial charge in [-0.05, 0) is 68.3 Å². The van der Waals surface area contributed by atoms with Crippen LogP contribution in [0.5, 0.6) is 0 Å². The van der Waals surface area contributed by atoms with Gasteiger partial charge in [0, 0.05) is 44.3 Å². The fourth-order valence-corrected chi connectivity index (χ4v) is 4.80. The van der Waals surface area contributed by atoms with Crippen LogP contribution in [0.3, 0.4) is 0 Å². The summed E-state index contributed by atoms with van der Waals surface area (Å²) >= 11 is 12.6. The summed E-state index contributed by atoms with van der Waals surface area (Å²) in [5.41, 5.74) is 5.36. The Bertz CT molecular complexity index is 1620. The molecule has 0 spiro atoms. The van der Waals surface area contributed by atoms with Crippen molar-refractivity contribution in [1.82, 2.24) is 9.55 Å². The molecular weight excluding hydrogens is 548 g/mol. The maximum atomic E-state index is 14.2. The van der Waals surface area contributed by atoms with Gasteiger partial charge in [0.25, 0.3) is 0 Å². The van der Waals surface area contributed by atoms with E-state index in [2.05, 4.69) is 23.2 Å². The highest BCUT2D eigenvalue weighted by atomic mass is 35.5. The smallest absolute Gasteiger partial charge is 0.125 e. The zero-order valence-electron chi connectivity index (χ0n) is 22.4. The predicted octanol–water partition coefficient (Wildman–Crippen LogP) is 6.96. The van der Waals surface area contributed by atoms with E-state index in [-0.39, 0.29) is 11.9 Å². The molecule has 2 aliphatic heterocycles. The van der Waals surface area contributed by atoms with Gasteiger partial charge in [-0.3, -0.25) is 9.98 Å².